The maximum Gasteiger partial charge on any atom is 0.317 e. The van der Waals surface area contributed by atoms with Crippen molar-refractivity contribution < 1.29 is 4.79 Å². The molecule has 1 heterocycles. The van der Waals surface area contributed by atoms with Gasteiger partial charge >= 0.3 is 6.03 Å². The van der Waals surface area contributed by atoms with Gasteiger partial charge in [0.25, 0.3) is 0 Å². The third kappa shape index (κ3) is 3.96. The lowest BCUT2D eigenvalue weighted by Crippen LogP contribution is -2.49. The van der Waals surface area contributed by atoms with Crippen molar-refractivity contribution in [2.45, 2.75) is 32.4 Å². The Hall–Kier alpha value is -1.55. The molecule has 1 saturated heterocycles. The lowest BCUT2D eigenvalue weighted by molar-refractivity contribution is 0.162. The molecule has 1 aliphatic rings. The van der Waals surface area contributed by atoms with E-state index in [-0.39, 0.29) is 6.03 Å². The minimum atomic E-state index is 0.0539. The zero-order chi connectivity index (χ0) is 13.5. The highest BCUT2D eigenvalue weighted by Gasteiger charge is 2.23. The maximum absolute atomic E-state index is 12.2. The highest BCUT2D eigenvalue weighted by atomic mass is 16.2. The van der Waals surface area contributed by atoms with E-state index in [4.69, 9.17) is 0 Å². The minimum absolute atomic E-state index is 0.0539. The zero-order valence-corrected chi connectivity index (χ0v) is 11.6. The normalized spacial score (nSPS) is 16.1. The number of rotatable bonds is 4. The summed E-state index contributed by atoms with van der Waals surface area (Å²) in [4.78, 5) is 14.2. The quantitative estimate of drug-likeness (QED) is 0.870. The van der Waals surface area contributed by atoms with Crippen LogP contribution in [-0.4, -0.2) is 36.6 Å². The van der Waals surface area contributed by atoms with Gasteiger partial charge in [-0.15, -0.1) is 0 Å². The summed E-state index contributed by atoms with van der Waals surface area (Å²) in [6, 6.07) is 10.5. The number of nitrogens with zero attached hydrogens (tertiary/aromatic N) is 1. The number of amides is 2. The van der Waals surface area contributed by atoms with E-state index in [9.17, 15) is 4.79 Å². The number of piperidine rings is 1. The van der Waals surface area contributed by atoms with Crippen LogP contribution in [0.25, 0.3) is 0 Å². The fraction of sp³-hybridized carbons (Fsp3) is 0.533. The lowest BCUT2D eigenvalue weighted by Gasteiger charge is -2.33. The van der Waals surface area contributed by atoms with Crippen molar-refractivity contribution in [3.05, 3.63) is 35.9 Å². The second-order valence-corrected chi connectivity index (χ2v) is 4.91. The maximum atomic E-state index is 12.2. The van der Waals surface area contributed by atoms with Crippen LogP contribution in [0.4, 0.5) is 4.79 Å². The van der Waals surface area contributed by atoms with Crippen molar-refractivity contribution in [1.29, 1.82) is 0 Å². The second kappa shape index (κ2) is 7.14. The van der Waals surface area contributed by atoms with Gasteiger partial charge < -0.3 is 15.5 Å². The SMILES string of the molecule is CCN(C(=O)NCc1ccccc1)C1CCNCC1. The van der Waals surface area contributed by atoms with Crippen molar-refractivity contribution in [2.75, 3.05) is 19.6 Å². The number of benzene rings is 1. The molecule has 4 nitrogen and oxygen atoms in total. The number of urea groups is 1. The van der Waals surface area contributed by atoms with Crippen LogP contribution >= 0.6 is 0 Å². The van der Waals surface area contributed by atoms with Crippen LogP contribution in [0.1, 0.15) is 25.3 Å². The first kappa shape index (κ1) is 13.9. The number of hydrogen-bond donors (Lipinski definition) is 2. The third-order valence-electron chi connectivity index (χ3n) is 3.64. The molecule has 0 spiro atoms. The molecule has 0 unspecified atom stereocenters. The highest BCUT2D eigenvalue weighted by molar-refractivity contribution is 5.74. The molecule has 1 aromatic carbocycles. The number of nitrogens with one attached hydrogen (secondary N) is 2. The summed E-state index contributed by atoms with van der Waals surface area (Å²) < 4.78 is 0. The third-order valence-corrected chi connectivity index (χ3v) is 3.64. The molecule has 19 heavy (non-hydrogen) atoms. The summed E-state index contributed by atoms with van der Waals surface area (Å²) in [5, 5.41) is 6.35. The molecular weight excluding hydrogens is 238 g/mol. The predicted molar refractivity (Wildman–Crippen MR) is 76.9 cm³/mol. The predicted octanol–water partition coefficient (Wildman–Crippen LogP) is 1.97. The fourth-order valence-electron chi connectivity index (χ4n) is 2.56. The van der Waals surface area contributed by atoms with Crippen LogP contribution in [0.15, 0.2) is 30.3 Å². The Morgan fingerprint density at radius 1 is 1.32 bits per heavy atom. The fourth-order valence-corrected chi connectivity index (χ4v) is 2.56. The monoisotopic (exact) mass is 261 g/mol. The molecule has 1 aliphatic heterocycles. The van der Waals surface area contributed by atoms with Crippen molar-refractivity contribution in [3.63, 3.8) is 0 Å². The van der Waals surface area contributed by atoms with Gasteiger partial charge in [-0.2, -0.15) is 0 Å². The van der Waals surface area contributed by atoms with E-state index in [1.54, 1.807) is 0 Å². The van der Waals surface area contributed by atoms with Gasteiger partial charge in [0.15, 0.2) is 0 Å². The van der Waals surface area contributed by atoms with Gasteiger partial charge in [-0.05, 0) is 38.4 Å². The van der Waals surface area contributed by atoms with Gasteiger partial charge in [-0.1, -0.05) is 30.3 Å². The topological polar surface area (TPSA) is 44.4 Å². The van der Waals surface area contributed by atoms with Crippen molar-refractivity contribution >= 4 is 6.03 Å². The number of carbonyl (C=O) groups excluding carboxylic acids is 1. The minimum Gasteiger partial charge on any atom is -0.334 e. The molecule has 1 fully saturated rings. The van der Waals surface area contributed by atoms with E-state index in [0.717, 1.165) is 38.0 Å². The molecule has 0 saturated carbocycles. The molecule has 0 bridgehead atoms. The summed E-state index contributed by atoms with van der Waals surface area (Å²) in [5.41, 5.74) is 1.14. The van der Waals surface area contributed by atoms with E-state index in [2.05, 4.69) is 10.6 Å². The van der Waals surface area contributed by atoms with Crippen LogP contribution in [0.2, 0.25) is 0 Å². The van der Waals surface area contributed by atoms with E-state index >= 15 is 0 Å². The molecule has 2 rings (SSSR count). The first-order valence-corrected chi connectivity index (χ1v) is 7.10. The average Bonchev–Trinajstić information content (AvgIpc) is 2.48. The van der Waals surface area contributed by atoms with Crippen LogP contribution in [-0.2, 0) is 6.54 Å². The average molecular weight is 261 g/mol. The van der Waals surface area contributed by atoms with Crippen LogP contribution in [0.5, 0.6) is 0 Å². The van der Waals surface area contributed by atoms with Crippen molar-refractivity contribution in [2.24, 2.45) is 0 Å². The Morgan fingerprint density at radius 2 is 2.00 bits per heavy atom. The van der Waals surface area contributed by atoms with Crippen molar-refractivity contribution in [1.82, 2.24) is 15.5 Å². The summed E-state index contributed by atoms with van der Waals surface area (Å²) in [5.74, 6) is 0. The van der Waals surface area contributed by atoms with Crippen LogP contribution in [0.3, 0.4) is 0 Å². The zero-order valence-electron chi connectivity index (χ0n) is 11.6. The van der Waals surface area contributed by atoms with Crippen molar-refractivity contribution in [3.8, 4) is 0 Å². The molecule has 1 aromatic rings. The Morgan fingerprint density at radius 3 is 2.63 bits per heavy atom. The van der Waals surface area contributed by atoms with E-state index < -0.39 is 0 Å². The smallest absolute Gasteiger partial charge is 0.317 e. The van der Waals surface area contributed by atoms with Crippen LogP contribution in [0, 0.1) is 0 Å². The molecule has 0 radical (unpaired) electrons. The number of carbonyl (C=O) groups is 1. The van der Waals surface area contributed by atoms with Gasteiger partial charge in [-0.25, -0.2) is 4.79 Å². The Balaban J connectivity index is 1.86. The summed E-state index contributed by atoms with van der Waals surface area (Å²) in [6.45, 7) is 5.43. The summed E-state index contributed by atoms with van der Waals surface area (Å²) in [6.07, 6.45) is 2.10. The highest BCUT2D eigenvalue weighted by Crippen LogP contribution is 2.11. The molecule has 4 heteroatoms. The van der Waals surface area contributed by atoms with Gasteiger partial charge in [0.1, 0.15) is 0 Å². The first-order chi connectivity index (χ1) is 9.31. The Labute approximate surface area is 115 Å². The lowest BCUT2D eigenvalue weighted by atomic mass is 10.1. The van der Waals surface area contributed by atoms with E-state index in [0.29, 0.717) is 12.6 Å². The molecule has 2 amide bonds. The largest absolute Gasteiger partial charge is 0.334 e. The number of hydrogen-bond acceptors (Lipinski definition) is 2. The molecule has 0 aromatic heterocycles. The van der Waals surface area contributed by atoms with Gasteiger partial charge in [-0.3, -0.25) is 0 Å². The summed E-state index contributed by atoms with van der Waals surface area (Å²) in [7, 11) is 0. The molecule has 0 atom stereocenters. The second-order valence-electron chi connectivity index (χ2n) is 4.91. The Bertz CT molecular complexity index is 388. The van der Waals surface area contributed by atoms with E-state index in [1.807, 2.05) is 42.2 Å². The molecule has 2 N–H and O–H groups in total. The molecular formula is C15H23N3O. The first-order valence-electron chi connectivity index (χ1n) is 7.10. The molecule has 0 aliphatic carbocycles. The standard InChI is InChI=1S/C15H23N3O/c1-2-18(14-8-10-16-11-9-14)15(19)17-12-13-6-4-3-5-7-13/h3-7,14,16H,2,8-12H2,1H3,(H,17,19). The van der Waals surface area contributed by atoms with Gasteiger partial charge in [0.2, 0.25) is 0 Å². The van der Waals surface area contributed by atoms with Crippen LogP contribution < -0.4 is 10.6 Å². The van der Waals surface area contributed by atoms with E-state index in [1.165, 1.54) is 0 Å². The summed E-state index contributed by atoms with van der Waals surface area (Å²) >= 11 is 0. The van der Waals surface area contributed by atoms with Gasteiger partial charge in [0, 0.05) is 19.1 Å². The van der Waals surface area contributed by atoms with Gasteiger partial charge in [0.05, 0.1) is 0 Å². The Kier molecular flexibility index (Phi) is 5.21. The molecule has 104 valence electrons.